The Morgan fingerprint density at radius 3 is 3.05 bits per heavy atom. The van der Waals surface area contributed by atoms with Crippen molar-refractivity contribution in [3.8, 4) is 5.75 Å². The van der Waals surface area contributed by atoms with Crippen molar-refractivity contribution in [2.75, 3.05) is 13.2 Å². The van der Waals surface area contributed by atoms with E-state index in [0.717, 1.165) is 11.3 Å². The molecule has 0 radical (unpaired) electrons. The van der Waals surface area contributed by atoms with E-state index in [9.17, 15) is 4.79 Å². The van der Waals surface area contributed by atoms with E-state index < -0.39 is 0 Å². The number of carbonyl (C=O) groups excluding carboxylic acids is 1. The second kappa shape index (κ2) is 7.23. The number of nitrogens with one attached hydrogen (secondary N) is 1. The lowest BCUT2D eigenvalue weighted by molar-refractivity contribution is 0.0740. The molecule has 1 N–H and O–H groups in total. The van der Waals surface area contributed by atoms with Crippen LogP contribution in [0.4, 0.5) is 0 Å². The summed E-state index contributed by atoms with van der Waals surface area (Å²) in [5.74, 6) is 0.832. The van der Waals surface area contributed by atoms with Gasteiger partial charge in [-0.2, -0.15) is 5.10 Å². The average molecular weight is 286 g/mol. The molecule has 0 aliphatic carbocycles. The van der Waals surface area contributed by atoms with Crippen molar-refractivity contribution in [2.24, 2.45) is 0 Å². The third kappa shape index (κ3) is 3.92. The molecule has 110 valence electrons. The third-order valence-corrected chi connectivity index (χ3v) is 2.93. The lowest BCUT2D eigenvalue weighted by Gasteiger charge is -2.19. The normalized spacial score (nSPS) is 10.1. The summed E-state index contributed by atoms with van der Waals surface area (Å²) in [6, 6.07) is 7.65. The lowest BCUT2D eigenvalue weighted by Crippen LogP contribution is -2.31. The fourth-order valence-electron chi connectivity index (χ4n) is 1.89. The Hall–Kier alpha value is -2.63. The third-order valence-electron chi connectivity index (χ3n) is 2.93. The van der Waals surface area contributed by atoms with Crippen molar-refractivity contribution in [1.82, 2.24) is 20.1 Å². The van der Waals surface area contributed by atoms with Crippen LogP contribution in [0.1, 0.15) is 23.1 Å². The van der Waals surface area contributed by atoms with Crippen LogP contribution >= 0.6 is 0 Å². The van der Waals surface area contributed by atoms with Crippen LogP contribution in [-0.4, -0.2) is 39.1 Å². The Labute approximate surface area is 123 Å². The van der Waals surface area contributed by atoms with Crippen LogP contribution in [0.3, 0.4) is 0 Å². The molecule has 1 amide bonds. The largest absolute Gasteiger partial charge is 0.490 e. The van der Waals surface area contributed by atoms with Crippen molar-refractivity contribution >= 4 is 5.91 Å². The van der Waals surface area contributed by atoms with Crippen molar-refractivity contribution in [1.29, 1.82) is 0 Å². The number of aromatic nitrogens is 3. The van der Waals surface area contributed by atoms with Gasteiger partial charge < -0.3 is 9.64 Å². The summed E-state index contributed by atoms with van der Waals surface area (Å²) in [6.45, 7) is 7.06. The summed E-state index contributed by atoms with van der Waals surface area (Å²) in [4.78, 5) is 17.8. The van der Waals surface area contributed by atoms with Gasteiger partial charge in [0.25, 0.3) is 5.91 Å². The van der Waals surface area contributed by atoms with Crippen LogP contribution in [-0.2, 0) is 6.54 Å². The van der Waals surface area contributed by atoms with Crippen LogP contribution in [0.25, 0.3) is 0 Å². The van der Waals surface area contributed by atoms with Crippen LogP contribution < -0.4 is 4.74 Å². The van der Waals surface area contributed by atoms with E-state index in [-0.39, 0.29) is 11.7 Å². The highest BCUT2D eigenvalue weighted by Gasteiger charge is 2.17. The average Bonchev–Trinajstić information content (AvgIpc) is 3.04. The number of hydrogen-bond acceptors (Lipinski definition) is 4. The first-order chi connectivity index (χ1) is 10.2. The van der Waals surface area contributed by atoms with Gasteiger partial charge in [-0.3, -0.25) is 9.89 Å². The van der Waals surface area contributed by atoms with Gasteiger partial charge in [-0.15, -0.1) is 0 Å². The van der Waals surface area contributed by atoms with Gasteiger partial charge in [-0.1, -0.05) is 24.8 Å². The molecule has 0 unspecified atom stereocenters. The number of benzene rings is 1. The molecule has 1 aromatic heterocycles. The second-order valence-electron chi connectivity index (χ2n) is 4.40. The Bertz CT molecular complexity index is 595. The smallest absolute Gasteiger partial charge is 0.291 e. The number of ether oxygens (including phenoxy) is 1. The van der Waals surface area contributed by atoms with Gasteiger partial charge in [-0.25, -0.2) is 4.98 Å². The summed E-state index contributed by atoms with van der Waals surface area (Å²) in [7, 11) is 0. The monoisotopic (exact) mass is 286 g/mol. The zero-order valence-electron chi connectivity index (χ0n) is 12.0. The zero-order chi connectivity index (χ0) is 15.1. The van der Waals surface area contributed by atoms with E-state index in [1.54, 1.807) is 11.0 Å². The minimum absolute atomic E-state index is 0.174. The first-order valence-corrected chi connectivity index (χ1v) is 6.72. The standard InChI is InChI=1S/C15H18N4O2/c1-3-8-21-13-7-5-6-12(9-13)10-19(4-2)15(20)14-16-11-17-18-14/h3,5-7,9,11H,1,4,8,10H2,2H3,(H,16,17,18). The maximum atomic E-state index is 12.2. The number of aromatic amines is 1. The summed E-state index contributed by atoms with van der Waals surface area (Å²) in [6.07, 6.45) is 3.02. The molecular formula is C15H18N4O2. The van der Waals surface area contributed by atoms with Crippen LogP contribution in [0.2, 0.25) is 0 Å². The van der Waals surface area contributed by atoms with Gasteiger partial charge in [0.2, 0.25) is 5.82 Å². The Morgan fingerprint density at radius 2 is 2.38 bits per heavy atom. The van der Waals surface area contributed by atoms with Crippen molar-refractivity contribution in [2.45, 2.75) is 13.5 Å². The van der Waals surface area contributed by atoms with Crippen molar-refractivity contribution in [3.05, 3.63) is 54.6 Å². The summed E-state index contributed by atoms with van der Waals surface area (Å²) < 4.78 is 5.49. The van der Waals surface area contributed by atoms with Crippen molar-refractivity contribution in [3.63, 3.8) is 0 Å². The number of amides is 1. The van der Waals surface area contributed by atoms with Gasteiger partial charge in [0.15, 0.2) is 0 Å². The van der Waals surface area contributed by atoms with E-state index in [1.807, 2.05) is 31.2 Å². The SMILES string of the molecule is C=CCOc1cccc(CN(CC)C(=O)c2ncn[nH]2)c1. The molecular weight excluding hydrogens is 268 g/mol. The molecule has 0 saturated heterocycles. The maximum absolute atomic E-state index is 12.2. The minimum atomic E-state index is -0.174. The van der Waals surface area contributed by atoms with E-state index in [4.69, 9.17) is 4.74 Å². The van der Waals surface area contributed by atoms with Crippen LogP contribution in [0.5, 0.6) is 5.75 Å². The molecule has 6 heteroatoms. The highest BCUT2D eigenvalue weighted by Crippen LogP contribution is 2.15. The predicted octanol–water partition coefficient (Wildman–Crippen LogP) is 2.03. The quantitative estimate of drug-likeness (QED) is 0.791. The minimum Gasteiger partial charge on any atom is -0.490 e. The number of nitrogens with zero attached hydrogens (tertiary/aromatic N) is 3. The summed E-state index contributed by atoms with van der Waals surface area (Å²) in [5.41, 5.74) is 0.992. The highest BCUT2D eigenvalue weighted by atomic mass is 16.5. The number of carbonyl (C=O) groups is 1. The molecule has 0 spiro atoms. The highest BCUT2D eigenvalue weighted by molar-refractivity contribution is 5.90. The lowest BCUT2D eigenvalue weighted by atomic mass is 10.2. The molecule has 2 rings (SSSR count). The molecule has 1 aromatic carbocycles. The van der Waals surface area contributed by atoms with Crippen molar-refractivity contribution < 1.29 is 9.53 Å². The molecule has 6 nitrogen and oxygen atoms in total. The molecule has 21 heavy (non-hydrogen) atoms. The Morgan fingerprint density at radius 1 is 1.52 bits per heavy atom. The Balaban J connectivity index is 2.07. The molecule has 0 bridgehead atoms. The molecule has 1 heterocycles. The van der Waals surface area contributed by atoms with Gasteiger partial charge in [0, 0.05) is 13.1 Å². The molecule has 0 aliphatic rings. The first kappa shape index (κ1) is 14.8. The molecule has 0 aliphatic heterocycles. The molecule has 0 atom stereocenters. The maximum Gasteiger partial charge on any atom is 0.291 e. The van der Waals surface area contributed by atoms with E-state index in [0.29, 0.717) is 19.7 Å². The number of rotatable bonds is 7. The molecule has 2 aromatic rings. The first-order valence-electron chi connectivity index (χ1n) is 6.72. The second-order valence-corrected chi connectivity index (χ2v) is 4.40. The van der Waals surface area contributed by atoms with E-state index in [2.05, 4.69) is 21.8 Å². The topological polar surface area (TPSA) is 71.1 Å². The van der Waals surface area contributed by atoms with E-state index in [1.165, 1.54) is 6.33 Å². The molecule has 0 saturated carbocycles. The number of hydrogen-bond donors (Lipinski definition) is 1. The zero-order valence-corrected chi connectivity index (χ0v) is 12.0. The number of H-pyrrole nitrogens is 1. The fraction of sp³-hybridized carbons (Fsp3) is 0.267. The van der Waals surface area contributed by atoms with E-state index >= 15 is 0 Å². The van der Waals surface area contributed by atoms with Gasteiger partial charge >= 0.3 is 0 Å². The Kier molecular flexibility index (Phi) is 5.09. The fourth-order valence-corrected chi connectivity index (χ4v) is 1.89. The van der Waals surface area contributed by atoms with Gasteiger partial charge in [0.1, 0.15) is 18.7 Å². The molecule has 0 fully saturated rings. The van der Waals surface area contributed by atoms with Gasteiger partial charge in [-0.05, 0) is 24.6 Å². The van der Waals surface area contributed by atoms with Crippen LogP contribution in [0.15, 0.2) is 43.2 Å². The van der Waals surface area contributed by atoms with Gasteiger partial charge in [0.05, 0.1) is 0 Å². The summed E-state index contributed by atoms with van der Waals surface area (Å²) >= 11 is 0. The summed E-state index contributed by atoms with van der Waals surface area (Å²) in [5, 5.41) is 6.29. The van der Waals surface area contributed by atoms with Crippen LogP contribution in [0, 0.1) is 0 Å². The predicted molar refractivity (Wildman–Crippen MR) is 78.9 cm³/mol.